The second-order valence-electron chi connectivity index (χ2n) is 5.13. The topological polar surface area (TPSA) is 75.6 Å². The van der Waals surface area contributed by atoms with Crippen LogP contribution in [0.3, 0.4) is 0 Å². The van der Waals surface area contributed by atoms with E-state index in [1.807, 2.05) is 0 Å². The van der Waals surface area contributed by atoms with Crippen molar-refractivity contribution < 1.29 is 19.4 Å². The van der Waals surface area contributed by atoms with Crippen molar-refractivity contribution >= 4 is 11.9 Å². The van der Waals surface area contributed by atoms with E-state index in [1.165, 1.54) is 7.11 Å². The Kier molecular flexibility index (Phi) is 8.24. The monoisotopic (exact) mass is 295 g/mol. The Hall–Kier alpha value is -1.78. The highest BCUT2D eigenvalue weighted by atomic mass is 16.5. The van der Waals surface area contributed by atoms with Gasteiger partial charge in [-0.3, -0.25) is 9.59 Å². The largest absolute Gasteiger partial charge is 0.507 e. The minimum Gasteiger partial charge on any atom is -0.507 e. The van der Waals surface area contributed by atoms with Gasteiger partial charge in [0.15, 0.2) is 0 Å². The minimum absolute atomic E-state index is 0.0848. The highest BCUT2D eigenvalue weighted by molar-refractivity contribution is 5.97. The fourth-order valence-electron chi connectivity index (χ4n) is 2.20. The molecule has 1 aliphatic rings. The fourth-order valence-corrected chi connectivity index (χ4v) is 2.20. The summed E-state index contributed by atoms with van der Waals surface area (Å²) >= 11 is 0. The van der Waals surface area contributed by atoms with Gasteiger partial charge in [-0.2, -0.15) is 0 Å². The lowest BCUT2D eigenvalue weighted by Crippen LogP contribution is -2.27. The van der Waals surface area contributed by atoms with Crippen molar-refractivity contribution in [3.8, 4) is 0 Å². The second kappa shape index (κ2) is 10.0. The molecule has 21 heavy (non-hydrogen) atoms. The molecule has 0 saturated carbocycles. The van der Waals surface area contributed by atoms with Crippen molar-refractivity contribution in [3.63, 3.8) is 0 Å². The van der Waals surface area contributed by atoms with Gasteiger partial charge in [-0.15, -0.1) is 0 Å². The zero-order chi connectivity index (χ0) is 15.5. The maximum absolute atomic E-state index is 11.8. The number of ether oxygens (including phenoxy) is 1. The number of methoxy groups -OCH3 is 1. The number of hydrogen-bond donors (Lipinski definition) is 2. The summed E-state index contributed by atoms with van der Waals surface area (Å²) in [6, 6.07) is 0. The zero-order valence-corrected chi connectivity index (χ0v) is 12.7. The van der Waals surface area contributed by atoms with Gasteiger partial charge in [0, 0.05) is 13.0 Å². The highest BCUT2D eigenvalue weighted by Gasteiger charge is 2.14. The SMILES string of the molecule is COC(=O)CCCCCCCNC(=O)C1=CCCC=C1O. The van der Waals surface area contributed by atoms with E-state index in [-0.39, 0.29) is 17.6 Å². The molecule has 5 nitrogen and oxygen atoms in total. The van der Waals surface area contributed by atoms with Crippen LogP contribution in [0.5, 0.6) is 0 Å². The average Bonchev–Trinajstić information content (AvgIpc) is 2.49. The van der Waals surface area contributed by atoms with Crippen LogP contribution in [0, 0.1) is 0 Å². The molecule has 0 aromatic carbocycles. The number of allylic oxidation sites excluding steroid dienone is 2. The number of aliphatic hydroxyl groups excluding tert-OH is 1. The van der Waals surface area contributed by atoms with Gasteiger partial charge in [0.05, 0.1) is 12.7 Å². The van der Waals surface area contributed by atoms with Crippen molar-refractivity contribution in [2.45, 2.75) is 51.4 Å². The van der Waals surface area contributed by atoms with Gasteiger partial charge in [-0.25, -0.2) is 0 Å². The number of aliphatic hydroxyl groups is 1. The van der Waals surface area contributed by atoms with Gasteiger partial charge < -0.3 is 15.2 Å². The zero-order valence-electron chi connectivity index (χ0n) is 12.7. The number of esters is 1. The van der Waals surface area contributed by atoms with E-state index in [0.717, 1.165) is 44.9 Å². The van der Waals surface area contributed by atoms with Gasteiger partial charge in [-0.05, 0) is 31.8 Å². The molecule has 0 atom stereocenters. The Morgan fingerprint density at radius 2 is 1.81 bits per heavy atom. The molecule has 0 saturated heterocycles. The van der Waals surface area contributed by atoms with Crippen LogP contribution in [0.1, 0.15) is 51.4 Å². The summed E-state index contributed by atoms with van der Waals surface area (Å²) in [6.45, 7) is 0.612. The average molecular weight is 295 g/mol. The van der Waals surface area contributed by atoms with Gasteiger partial charge in [0.2, 0.25) is 0 Å². The summed E-state index contributed by atoms with van der Waals surface area (Å²) in [5.41, 5.74) is 0.388. The molecule has 5 heteroatoms. The number of nitrogens with one attached hydrogen (secondary N) is 1. The van der Waals surface area contributed by atoms with Crippen molar-refractivity contribution in [2.24, 2.45) is 0 Å². The predicted octanol–water partition coefficient (Wildman–Crippen LogP) is 2.78. The summed E-state index contributed by atoms with van der Waals surface area (Å²) in [6.07, 6.45) is 10.3. The highest BCUT2D eigenvalue weighted by Crippen LogP contribution is 2.16. The van der Waals surface area contributed by atoms with Crippen LogP contribution >= 0.6 is 0 Å². The maximum Gasteiger partial charge on any atom is 0.305 e. The molecule has 0 radical (unpaired) electrons. The Balaban J connectivity index is 2.02. The van der Waals surface area contributed by atoms with E-state index >= 15 is 0 Å². The first-order valence-corrected chi connectivity index (χ1v) is 7.60. The molecule has 1 amide bonds. The standard InChI is InChI=1S/C16H25NO4/c1-21-15(19)11-5-3-2-4-8-12-17-16(20)13-9-6-7-10-14(13)18/h9-10,18H,2-8,11-12H2,1H3,(H,17,20). The fraction of sp³-hybridized carbons (Fsp3) is 0.625. The van der Waals surface area contributed by atoms with E-state index in [9.17, 15) is 14.7 Å². The summed E-state index contributed by atoms with van der Waals surface area (Å²) in [7, 11) is 1.40. The van der Waals surface area contributed by atoms with Crippen LogP contribution < -0.4 is 5.32 Å². The van der Waals surface area contributed by atoms with Gasteiger partial charge in [-0.1, -0.05) is 25.3 Å². The lowest BCUT2D eigenvalue weighted by atomic mass is 10.0. The van der Waals surface area contributed by atoms with E-state index in [4.69, 9.17) is 0 Å². The third kappa shape index (κ3) is 6.97. The van der Waals surface area contributed by atoms with Crippen molar-refractivity contribution in [1.29, 1.82) is 0 Å². The van der Waals surface area contributed by atoms with Crippen molar-refractivity contribution in [3.05, 3.63) is 23.5 Å². The molecule has 1 aliphatic carbocycles. The molecule has 0 unspecified atom stereocenters. The predicted molar refractivity (Wildman–Crippen MR) is 80.8 cm³/mol. The van der Waals surface area contributed by atoms with Crippen molar-refractivity contribution in [2.75, 3.05) is 13.7 Å². The smallest absolute Gasteiger partial charge is 0.305 e. The molecule has 0 fully saturated rings. The Bertz CT molecular complexity index is 413. The minimum atomic E-state index is -0.200. The molecule has 0 aromatic heterocycles. The Labute approximate surface area is 126 Å². The second-order valence-corrected chi connectivity index (χ2v) is 5.13. The first-order chi connectivity index (χ1) is 10.1. The molecular weight excluding hydrogens is 270 g/mol. The van der Waals surface area contributed by atoms with Crippen LogP contribution in [-0.2, 0) is 14.3 Å². The molecule has 0 heterocycles. The van der Waals surface area contributed by atoms with Crippen LogP contribution in [0.25, 0.3) is 0 Å². The number of unbranched alkanes of at least 4 members (excludes halogenated alkanes) is 4. The van der Waals surface area contributed by atoms with Crippen LogP contribution in [0.4, 0.5) is 0 Å². The molecule has 0 aliphatic heterocycles. The summed E-state index contributed by atoms with van der Waals surface area (Å²) in [4.78, 5) is 22.7. The quantitative estimate of drug-likeness (QED) is 0.506. The molecule has 1 rings (SSSR count). The molecule has 0 spiro atoms. The first-order valence-electron chi connectivity index (χ1n) is 7.60. The normalized spacial score (nSPS) is 14.1. The van der Waals surface area contributed by atoms with E-state index in [1.54, 1.807) is 12.2 Å². The summed E-state index contributed by atoms with van der Waals surface area (Å²) in [5, 5.41) is 12.4. The summed E-state index contributed by atoms with van der Waals surface area (Å²) in [5.74, 6) is -0.272. The van der Waals surface area contributed by atoms with E-state index in [2.05, 4.69) is 10.1 Å². The molecule has 0 aromatic rings. The van der Waals surface area contributed by atoms with Crippen LogP contribution in [0.2, 0.25) is 0 Å². The third-order valence-corrected chi connectivity index (χ3v) is 3.44. The van der Waals surface area contributed by atoms with Crippen LogP contribution in [0.15, 0.2) is 23.5 Å². The summed E-state index contributed by atoms with van der Waals surface area (Å²) < 4.78 is 4.57. The lowest BCUT2D eigenvalue weighted by Gasteiger charge is -2.11. The number of carbonyl (C=O) groups is 2. The molecule has 0 bridgehead atoms. The Morgan fingerprint density at radius 3 is 2.52 bits per heavy atom. The lowest BCUT2D eigenvalue weighted by molar-refractivity contribution is -0.140. The van der Waals surface area contributed by atoms with Gasteiger partial charge >= 0.3 is 5.97 Å². The van der Waals surface area contributed by atoms with Crippen LogP contribution in [-0.4, -0.2) is 30.6 Å². The van der Waals surface area contributed by atoms with Gasteiger partial charge in [0.25, 0.3) is 5.91 Å². The number of carbonyl (C=O) groups excluding carboxylic acids is 2. The van der Waals surface area contributed by atoms with E-state index < -0.39 is 0 Å². The molecular formula is C16H25NO4. The maximum atomic E-state index is 11.8. The van der Waals surface area contributed by atoms with Gasteiger partial charge in [0.1, 0.15) is 5.76 Å². The number of hydrogen-bond acceptors (Lipinski definition) is 4. The van der Waals surface area contributed by atoms with Crippen molar-refractivity contribution in [1.82, 2.24) is 5.32 Å². The first kappa shape index (κ1) is 17.3. The Morgan fingerprint density at radius 1 is 1.14 bits per heavy atom. The number of rotatable bonds is 9. The third-order valence-electron chi connectivity index (χ3n) is 3.44. The molecule has 118 valence electrons. The molecule has 2 N–H and O–H groups in total. The number of amides is 1. The van der Waals surface area contributed by atoms with E-state index in [0.29, 0.717) is 18.5 Å².